The molecule has 1 aromatic heterocycles. The van der Waals surface area contributed by atoms with Crippen molar-refractivity contribution < 1.29 is 0 Å². The van der Waals surface area contributed by atoms with Crippen LogP contribution in [0.5, 0.6) is 0 Å². The number of hydrogen-bond donors (Lipinski definition) is 0. The van der Waals surface area contributed by atoms with Crippen molar-refractivity contribution in [3.8, 4) is 0 Å². The number of nitrogens with zero attached hydrogens (tertiary/aromatic N) is 2. The van der Waals surface area contributed by atoms with Crippen molar-refractivity contribution in [1.29, 1.82) is 0 Å². The molecular formula is C12H15ClN2S2. The lowest BCUT2D eigenvalue weighted by Crippen LogP contribution is -2.18. The van der Waals surface area contributed by atoms with E-state index < -0.39 is 0 Å². The molecule has 1 aromatic rings. The second kappa shape index (κ2) is 4.98. The van der Waals surface area contributed by atoms with Gasteiger partial charge in [-0.05, 0) is 18.9 Å². The number of hydrogen-bond acceptors (Lipinski definition) is 4. The predicted molar refractivity (Wildman–Crippen MR) is 76.1 cm³/mol. The Labute approximate surface area is 115 Å². The molecule has 2 nitrogen and oxygen atoms in total. The van der Waals surface area contributed by atoms with Crippen LogP contribution in [0.4, 0.5) is 0 Å². The van der Waals surface area contributed by atoms with E-state index in [1.54, 1.807) is 0 Å². The molecule has 0 spiro atoms. The van der Waals surface area contributed by atoms with Crippen LogP contribution in [0.1, 0.15) is 42.5 Å². The average Bonchev–Trinajstić information content (AvgIpc) is 3.12. The number of halogens is 1. The zero-order valence-electron chi connectivity index (χ0n) is 9.73. The minimum absolute atomic E-state index is 0.407. The summed E-state index contributed by atoms with van der Waals surface area (Å²) in [6.45, 7) is 2.27. The van der Waals surface area contributed by atoms with Crippen molar-refractivity contribution >= 4 is 35.1 Å². The van der Waals surface area contributed by atoms with Crippen molar-refractivity contribution in [2.45, 2.75) is 36.2 Å². The zero-order chi connectivity index (χ0) is 11.8. The van der Waals surface area contributed by atoms with Gasteiger partial charge in [-0.3, -0.25) is 0 Å². The molecule has 1 saturated heterocycles. The lowest BCUT2D eigenvalue weighted by Gasteiger charge is -2.26. The van der Waals surface area contributed by atoms with E-state index >= 15 is 0 Å². The average molecular weight is 287 g/mol. The van der Waals surface area contributed by atoms with E-state index in [0.717, 1.165) is 11.5 Å². The molecule has 0 aromatic carbocycles. The quantitative estimate of drug-likeness (QED) is 0.770. The Morgan fingerprint density at radius 3 is 2.71 bits per heavy atom. The van der Waals surface area contributed by atoms with Crippen molar-refractivity contribution in [1.82, 2.24) is 9.97 Å². The van der Waals surface area contributed by atoms with Gasteiger partial charge in [-0.25, -0.2) is 9.97 Å². The SMILES string of the molecule is CC1SCCSC1c1nc(Cl)cc(C2CC2)n1. The van der Waals surface area contributed by atoms with E-state index in [9.17, 15) is 0 Å². The standard InChI is InChI=1S/C12H15ClN2S2/c1-7-11(17-5-4-16-7)12-14-9(8-2-3-8)6-10(13)15-12/h6-8,11H,2-5H2,1H3. The van der Waals surface area contributed by atoms with Gasteiger partial charge in [0, 0.05) is 28.4 Å². The molecule has 0 bridgehead atoms. The summed E-state index contributed by atoms with van der Waals surface area (Å²) < 4.78 is 0. The summed E-state index contributed by atoms with van der Waals surface area (Å²) >= 11 is 10.1. The lowest BCUT2D eigenvalue weighted by molar-refractivity contribution is 0.802. The normalized spacial score (nSPS) is 29.3. The van der Waals surface area contributed by atoms with Crippen LogP contribution in [0.2, 0.25) is 5.15 Å². The van der Waals surface area contributed by atoms with Crippen LogP contribution in [0.15, 0.2) is 6.07 Å². The van der Waals surface area contributed by atoms with E-state index in [1.165, 1.54) is 24.3 Å². The number of rotatable bonds is 2. The fourth-order valence-electron chi connectivity index (χ4n) is 2.09. The molecule has 2 aliphatic rings. The summed E-state index contributed by atoms with van der Waals surface area (Å²) in [6, 6.07) is 1.94. The summed E-state index contributed by atoms with van der Waals surface area (Å²) in [5, 5.41) is 1.60. The maximum absolute atomic E-state index is 6.12. The van der Waals surface area contributed by atoms with E-state index in [2.05, 4.69) is 11.9 Å². The molecule has 2 heterocycles. The van der Waals surface area contributed by atoms with Gasteiger partial charge in [-0.15, -0.1) is 11.8 Å². The van der Waals surface area contributed by atoms with Gasteiger partial charge in [0.2, 0.25) is 0 Å². The van der Waals surface area contributed by atoms with Crippen LogP contribution in [0.3, 0.4) is 0 Å². The lowest BCUT2D eigenvalue weighted by atomic mass is 10.2. The van der Waals surface area contributed by atoms with Crippen molar-refractivity contribution in [3.05, 3.63) is 22.7 Å². The van der Waals surface area contributed by atoms with Gasteiger partial charge in [0.15, 0.2) is 0 Å². The van der Waals surface area contributed by atoms with Gasteiger partial charge in [-0.2, -0.15) is 11.8 Å². The van der Waals surface area contributed by atoms with E-state index in [4.69, 9.17) is 16.6 Å². The predicted octanol–water partition coefficient (Wildman–Crippen LogP) is 3.92. The first-order chi connectivity index (χ1) is 8.24. The molecule has 2 unspecified atom stereocenters. The van der Waals surface area contributed by atoms with Crippen LogP contribution < -0.4 is 0 Å². The third kappa shape index (κ3) is 2.74. The third-order valence-electron chi connectivity index (χ3n) is 3.17. The fraction of sp³-hybridized carbons (Fsp3) is 0.667. The molecule has 0 amide bonds. The second-order valence-electron chi connectivity index (χ2n) is 4.62. The molecule has 3 rings (SSSR count). The van der Waals surface area contributed by atoms with Crippen LogP contribution in [0.25, 0.3) is 0 Å². The minimum atomic E-state index is 0.407. The molecule has 0 radical (unpaired) electrons. The maximum Gasteiger partial charge on any atom is 0.144 e. The van der Waals surface area contributed by atoms with Crippen molar-refractivity contribution in [2.24, 2.45) is 0 Å². The highest BCUT2D eigenvalue weighted by Gasteiger charge is 2.30. The van der Waals surface area contributed by atoms with Gasteiger partial charge in [-0.1, -0.05) is 18.5 Å². The second-order valence-corrected chi connectivity index (χ2v) is 7.74. The monoisotopic (exact) mass is 286 g/mol. The molecule has 1 aliphatic carbocycles. The first-order valence-electron chi connectivity index (χ1n) is 6.01. The molecule has 2 atom stereocenters. The van der Waals surface area contributed by atoms with Crippen LogP contribution in [-0.4, -0.2) is 26.7 Å². The van der Waals surface area contributed by atoms with Gasteiger partial charge in [0.05, 0.1) is 5.25 Å². The van der Waals surface area contributed by atoms with E-state index in [1.807, 2.05) is 29.6 Å². The van der Waals surface area contributed by atoms with E-state index in [-0.39, 0.29) is 0 Å². The van der Waals surface area contributed by atoms with Crippen LogP contribution in [-0.2, 0) is 0 Å². The Kier molecular flexibility index (Phi) is 3.55. The molecule has 17 heavy (non-hydrogen) atoms. The first kappa shape index (κ1) is 12.1. The Hall–Kier alpha value is 0.0700. The molecule has 2 fully saturated rings. The number of thioether (sulfide) groups is 2. The summed E-state index contributed by atoms with van der Waals surface area (Å²) in [6.07, 6.45) is 2.52. The summed E-state index contributed by atoms with van der Waals surface area (Å²) in [5.41, 5.74) is 1.16. The van der Waals surface area contributed by atoms with Crippen LogP contribution >= 0.6 is 35.1 Å². The summed E-state index contributed by atoms with van der Waals surface area (Å²) in [4.78, 5) is 9.18. The first-order valence-corrected chi connectivity index (χ1v) is 8.49. The van der Waals surface area contributed by atoms with Crippen LogP contribution in [0, 0.1) is 0 Å². The Balaban J connectivity index is 1.90. The number of aromatic nitrogens is 2. The minimum Gasteiger partial charge on any atom is -0.236 e. The highest BCUT2D eigenvalue weighted by molar-refractivity contribution is 8.06. The van der Waals surface area contributed by atoms with Gasteiger partial charge in [0.1, 0.15) is 11.0 Å². The Morgan fingerprint density at radius 1 is 1.24 bits per heavy atom. The highest BCUT2D eigenvalue weighted by atomic mass is 35.5. The fourth-order valence-corrected chi connectivity index (χ4v) is 4.97. The topological polar surface area (TPSA) is 25.8 Å². The van der Waals surface area contributed by atoms with Gasteiger partial charge >= 0.3 is 0 Å². The molecule has 0 N–H and O–H groups in total. The Bertz CT molecular complexity index is 423. The Morgan fingerprint density at radius 2 is 2.00 bits per heavy atom. The molecule has 1 saturated carbocycles. The van der Waals surface area contributed by atoms with E-state index in [0.29, 0.717) is 21.6 Å². The molecule has 92 valence electrons. The highest BCUT2D eigenvalue weighted by Crippen LogP contribution is 2.43. The molecule has 1 aliphatic heterocycles. The van der Waals surface area contributed by atoms with Gasteiger partial charge < -0.3 is 0 Å². The van der Waals surface area contributed by atoms with Gasteiger partial charge in [0.25, 0.3) is 0 Å². The smallest absolute Gasteiger partial charge is 0.144 e. The summed E-state index contributed by atoms with van der Waals surface area (Å²) in [5.74, 6) is 4.02. The van der Waals surface area contributed by atoms with Crippen molar-refractivity contribution in [3.63, 3.8) is 0 Å². The maximum atomic E-state index is 6.12. The molecule has 5 heteroatoms. The molecular weight excluding hydrogens is 272 g/mol. The summed E-state index contributed by atoms with van der Waals surface area (Å²) in [7, 11) is 0. The third-order valence-corrected chi connectivity index (χ3v) is 6.45. The largest absolute Gasteiger partial charge is 0.236 e. The zero-order valence-corrected chi connectivity index (χ0v) is 12.1. The van der Waals surface area contributed by atoms with Crippen molar-refractivity contribution in [2.75, 3.05) is 11.5 Å².